The molecule has 0 aliphatic rings. The zero-order valence-electron chi connectivity index (χ0n) is 11.9. The molecule has 1 aromatic carbocycles. The van der Waals surface area contributed by atoms with E-state index in [1.807, 2.05) is 0 Å². The second-order valence-corrected chi connectivity index (χ2v) is 5.13. The molecule has 2 rings (SSSR count). The van der Waals surface area contributed by atoms with E-state index < -0.39 is 36.6 Å². The number of rotatable bonds is 7. The number of carbonyl (C=O) groups excluding carboxylic acids is 1. The first-order chi connectivity index (χ1) is 10.5. The first-order valence-corrected chi connectivity index (χ1v) is 6.56. The van der Waals surface area contributed by atoms with E-state index >= 15 is 0 Å². The third kappa shape index (κ3) is 3.29. The zero-order valence-corrected chi connectivity index (χ0v) is 11.9. The predicted molar refractivity (Wildman–Crippen MR) is 73.4 cm³/mol. The van der Waals surface area contributed by atoms with Crippen molar-refractivity contribution in [2.75, 3.05) is 13.3 Å². The Kier molecular flexibility index (Phi) is 4.85. The van der Waals surface area contributed by atoms with Crippen LogP contribution < -0.4 is 4.74 Å². The molecule has 0 radical (unpaired) electrons. The van der Waals surface area contributed by atoms with Crippen molar-refractivity contribution in [3.63, 3.8) is 0 Å². The van der Waals surface area contributed by atoms with Gasteiger partial charge >= 0.3 is 0 Å². The van der Waals surface area contributed by atoms with E-state index in [-0.39, 0.29) is 5.75 Å². The molecule has 1 atom stereocenters. The van der Waals surface area contributed by atoms with Crippen LogP contribution in [0.2, 0.25) is 0 Å². The average molecular weight is 312 g/mol. The van der Waals surface area contributed by atoms with E-state index in [2.05, 4.69) is 4.98 Å². The predicted octanol–water partition coefficient (Wildman–Crippen LogP) is 3.11. The maximum Gasteiger partial charge on any atom is 0.237 e. The first-order valence-electron chi connectivity index (χ1n) is 6.56. The quantitative estimate of drug-likeness (QED) is 0.789. The standard InChI is InChI=1S/C15H15F3N2O2/c1-15(8-16,9-17)13(21)14(20-7-6-19-10-20)22-12-4-2-11(18)3-5-12/h2-7,10,14H,8-9H2,1H3. The Labute approximate surface area is 125 Å². The number of hydrogen-bond acceptors (Lipinski definition) is 3. The van der Waals surface area contributed by atoms with Crippen molar-refractivity contribution in [2.45, 2.75) is 13.2 Å². The van der Waals surface area contributed by atoms with Crippen LogP contribution in [-0.2, 0) is 4.79 Å². The minimum Gasteiger partial charge on any atom is -0.463 e. The number of carbonyl (C=O) groups is 1. The van der Waals surface area contributed by atoms with Gasteiger partial charge in [0.05, 0.1) is 11.7 Å². The molecule has 0 fully saturated rings. The molecule has 0 spiro atoms. The largest absolute Gasteiger partial charge is 0.463 e. The van der Waals surface area contributed by atoms with E-state index in [9.17, 15) is 18.0 Å². The fourth-order valence-electron chi connectivity index (χ4n) is 1.77. The lowest BCUT2D eigenvalue weighted by Crippen LogP contribution is -2.40. The number of aromatic nitrogens is 2. The molecular formula is C15H15F3N2O2. The van der Waals surface area contributed by atoms with Crippen LogP contribution in [0, 0.1) is 11.2 Å². The van der Waals surface area contributed by atoms with E-state index in [0.29, 0.717) is 0 Å². The van der Waals surface area contributed by atoms with Crippen molar-refractivity contribution >= 4 is 5.78 Å². The molecule has 1 unspecified atom stereocenters. The molecule has 1 heterocycles. The van der Waals surface area contributed by atoms with Gasteiger partial charge in [0.25, 0.3) is 0 Å². The summed E-state index contributed by atoms with van der Waals surface area (Å²) in [6.45, 7) is -1.12. The number of alkyl halides is 2. The van der Waals surface area contributed by atoms with Gasteiger partial charge in [0, 0.05) is 12.4 Å². The van der Waals surface area contributed by atoms with E-state index in [4.69, 9.17) is 4.74 Å². The highest BCUT2D eigenvalue weighted by molar-refractivity contribution is 5.87. The van der Waals surface area contributed by atoms with Gasteiger partial charge in [-0.15, -0.1) is 0 Å². The number of ether oxygens (including phenoxy) is 1. The highest BCUT2D eigenvalue weighted by Crippen LogP contribution is 2.28. The second-order valence-electron chi connectivity index (χ2n) is 5.13. The Hall–Kier alpha value is -2.31. The second kappa shape index (κ2) is 6.64. The number of halogens is 3. The van der Waals surface area contributed by atoms with Gasteiger partial charge in [0.2, 0.25) is 12.0 Å². The van der Waals surface area contributed by atoms with Crippen LogP contribution in [0.25, 0.3) is 0 Å². The van der Waals surface area contributed by atoms with Crippen LogP contribution in [0.15, 0.2) is 43.0 Å². The summed E-state index contributed by atoms with van der Waals surface area (Å²) in [5.74, 6) is -1.02. The van der Waals surface area contributed by atoms with Crippen LogP contribution in [0.3, 0.4) is 0 Å². The number of imidazole rings is 1. The molecule has 4 nitrogen and oxygen atoms in total. The third-order valence-electron chi connectivity index (χ3n) is 3.27. The maximum absolute atomic E-state index is 13.1. The molecule has 7 heteroatoms. The van der Waals surface area contributed by atoms with Gasteiger partial charge in [-0.1, -0.05) is 0 Å². The Balaban J connectivity index is 2.31. The smallest absolute Gasteiger partial charge is 0.237 e. The summed E-state index contributed by atoms with van der Waals surface area (Å²) in [6.07, 6.45) is 2.88. The van der Waals surface area contributed by atoms with Gasteiger partial charge in [-0.05, 0) is 31.2 Å². The summed E-state index contributed by atoms with van der Waals surface area (Å²) in [6, 6.07) is 4.98. The zero-order chi connectivity index (χ0) is 16.2. The molecule has 118 valence electrons. The van der Waals surface area contributed by atoms with Gasteiger partial charge in [-0.3, -0.25) is 9.36 Å². The summed E-state index contributed by atoms with van der Waals surface area (Å²) >= 11 is 0. The molecule has 0 bridgehead atoms. The summed E-state index contributed by atoms with van der Waals surface area (Å²) in [5.41, 5.74) is -1.81. The molecule has 22 heavy (non-hydrogen) atoms. The van der Waals surface area contributed by atoms with E-state index in [1.165, 1.54) is 42.3 Å². The highest BCUT2D eigenvalue weighted by atomic mass is 19.1. The number of benzene rings is 1. The van der Waals surface area contributed by atoms with Crippen molar-refractivity contribution in [3.05, 3.63) is 48.8 Å². The number of nitrogens with zero attached hydrogens (tertiary/aromatic N) is 2. The van der Waals surface area contributed by atoms with Gasteiger partial charge in [0.1, 0.15) is 24.9 Å². The minimum atomic E-state index is -1.81. The third-order valence-corrected chi connectivity index (χ3v) is 3.27. The SMILES string of the molecule is CC(CF)(CF)C(=O)C(Oc1ccc(F)cc1)n1ccnc1. The molecule has 1 aromatic heterocycles. The molecule has 0 aliphatic heterocycles. The Morgan fingerprint density at radius 2 is 1.95 bits per heavy atom. The topological polar surface area (TPSA) is 44.1 Å². The lowest BCUT2D eigenvalue weighted by Gasteiger charge is -2.27. The van der Waals surface area contributed by atoms with Crippen LogP contribution in [0.1, 0.15) is 13.2 Å². The van der Waals surface area contributed by atoms with Crippen molar-refractivity contribution < 1.29 is 22.7 Å². The Bertz CT molecular complexity index is 610. The lowest BCUT2D eigenvalue weighted by molar-refractivity contribution is -0.141. The fraction of sp³-hybridized carbons (Fsp3) is 0.333. The van der Waals surface area contributed by atoms with Crippen molar-refractivity contribution in [1.82, 2.24) is 9.55 Å². The Morgan fingerprint density at radius 3 is 2.45 bits per heavy atom. The van der Waals surface area contributed by atoms with E-state index in [1.54, 1.807) is 0 Å². The summed E-state index contributed by atoms with van der Waals surface area (Å²) in [7, 11) is 0. The highest BCUT2D eigenvalue weighted by Gasteiger charge is 2.40. The minimum absolute atomic E-state index is 0.202. The molecule has 0 aliphatic carbocycles. The van der Waals surface area contributed by atoms with Gasteiger partial charge in [-0.25, -0.2) is 18.2 Å². The van der Waals surface area contributed by atoms with Crippen LogP contribution in [0.5, 0.6) is 5.75 Å². The normalized spacial score (nSPS) is 12.9. The molecular weight excluding hydrogens is 297 g/mol. The van der Waals surface area contributed by atoms with Gasteiger partial charge in [-0.2, -0.15) is 0 Å². The first kappa shape index (κ1) is 16.1. The maximum atomic E-state index is 13.1. The summed E-state index contributed by atoms with van der Waals surface area (Å²) in [4.78, 5) is 16.3. The molecule has 0 saturated heterocycles. The number of Topliss-reactive ketones (excluding diaryl/α,β-unsaturated/α-hetero) is 1. The lowest BCUT2D eigenvalue weighted by atomic mass is 9.87. The van der Waals surface area contributed by atoms with Crippen molar-refractivity contribution in [1.29, 1.82) is 0 Å². The van der Waals surface area contributed by atoms with E-state index in [0.717, 1.165) is 12.1 Å². The molecule has 0 saturated carbocycles. The average Bonchev–Trinajstić information content (AvgIpc) is 3.07. The van der Waals surface area contributed by atoms with Gasteiger partial charge < -0.3 is 4.74 Å². The summed E-state index contributed by atoms with van der Waals surface area (Å²) < 4.78 is 45.9. The summed E-state index contributed by atoms with van der Waals surface area (Å²) in [5, 5.41) is 0. The van der Waals surface area contributed by atoms with Gasteiger partial charge in [0.15, 0.2) is 0 Å². The monoisotopic (exact) mass is 312 g/mol. The van der Waals surface area contributed by atoms with Crippen molar-refractivity contribution in [2.24, 2.45) is 5.41 Å². The number of ketones is 1. The van der Waals surface area contributed by atoms with Crippen molar-refractivity contribution in [3.8, 4) is 5.75 Å². The molecule has 0 amide bonds. The Morgan fingerprint density at radius 1 is 1.32 bits per heavy atom. The van der Waals surface area contributed by atoms with Crippen LogP contribution >= 0.6 is 0 Å². The van der Waals surface area contributed by atoms with Crippen LogP contribution in [0.4, 0.5) is 13.2 Å². The number of hydrogen-bond donors (Lipinski definition) is 0. The molecule has 2 aromatic rings. The fourth-order valence-corrected chi connectivity index (χ4v) is 1.77. The van der Waals surface area contributed by atoms with Crippen LogP contribution in [-0.4, -0.2) is 28.7 Å². The molecule has 0 N–H and O–H groups in total.